The molecule has 0 radical (unpaired) electrons. The molecule has 0 saturated heterocycles. The molecule has 1 saturated carbocycles. The normalized spacial score (nSPS) is 16.6. The number of aryl methyl sites for hydroxylation is 1. The molecule has 3 amide bonds. The third kappa shape index (κ3) is 3.75. The van der Waals surface area contributed by atoms with Crippen molar-refractivity contribution in [1.29, 1.82) is 0 Å². The van der Waals surface area contributed by atoms with Crippen LogP contribution in [0, 0.1) is 12.8 Å². The summed E-state index contributed by atoms with van der Waals surface area (Å²) < 4.78 is 0. The number of hydrogen-bond acceptors (Lipinski definition) is 3. The van der Waals surface area contributed by atoms with E-state index in [4.69, 9.17) is 0 Å². The Morgan fingerprint density at radius 3 is 2.52 bits per heavy atom. The highest BCUT2D eigenvalue weighted by molar-refractivity contribution is 6.21. The molecule has 134 valence electrons. The number of carbonyl (C=O) groups excluding carboxylic acids is 3. The number of nitrogens with zero attached hydrogens (tertiary/aromatic N) is 2. The monoisotopic (exact) mass is 342 g/mol. The summed E-state index contributed by atoms with van der Waals surface area (Å²) in [5.41, 5.74) is 1.92. The van der Waals surface area contributed by atoms with Gasteiger partial charge in [-0.25, -0.2) is 0 Å². The second-order valence-corrected chi connectivity index (χ2v) is 7.59. The lowest BCUT2D eigenvalue weighted by atomic mass is 10.1. The van der Waals surface area contributed by atoms with Gasteiger partial charge in [0.2, 0.25) is 5.91 Å². The maximum atomic E-state index is 12.5. The van der Waals surface area contributed by atoms with Crippen molar-refractivity contribution in [1.82, 2.24) is 9.80 Å². The first-order valence-corrected chi connectivity index (χ1v) is 9.14. The van der Waals surface area contributed by atoms with Crippen LogP contribution in [0.2, 0.25) is 0 Å². The molecule has 5 heteroatoms. The molecule has 0 atom stereocenters. The number of fused-ring (bicyclic) bond motifs is 1. The Morgan fingerprint density at radius 1 is 1.20 bits per heavy atom. The van der Waals surface area contributed by atoms with Gasteiger partial charge < -0.3 is 4.90 Å². The fourth-order valence-corrected chi connectivity index (χ4v) is 3.37. The lowest BCUT2D eigenvalue weighted by Gasteiger charge is -2.25. The van der Waals surface area contributed by atoms with Crippen LogP contribution >= 0.6 is 0 Å². The Kier molecular flexibility index (Phi) is 4.93. The molecule has 0 N–H and O–H groups in total. The molecule has 1 aromatic rings. The van der Waals surface area contributed by atoms with Crippen molar-refractivity contribution < 1.29 is 14.4 Å². The number of imide groups is 1. The van der Waals surface area contributed by atoms with Crippen LogP contribution in [0.25, 0.3) is 0 Å². The summed E-state index contributed by atoms with van der Waals surface area (Å²) >= 11 is 0. The Hall–Kier alpha value is -2.17. The van der Waals surface area contributed by atoms with Gasteiger partial charge in [0.15, 0.2) is 0 Å². The van der Waals surface area contributed by atoms with E-state index in [1.165, 1.54) is 4.90 Å². The van der Waals surface area contributed by atoms with Crippen molar-refractivity contribution in [2.24, 2.45) is 5.92 Å². The van der Waals surface area contributed by atoms with Crippen LogP contribution in [0.15, 0.2) is 18.2 Å². The SMILES string of the molecule is Cc1ccc2c(c1)C(=O)N(CCCC(=O)N(CC(C)C)C1CC1)C2=O. The molecule has 0 bridgehead atoms. The van der Waals surface area contributed by atoms with Crippen molar-refractivity contribution in [2.45, 2.75) is 52.5 Å². The summed E-state index contributed by atoms with van der Waals surface area (Å²) in [5, 5.41) is 0. The summed E-state index contributed by atoms with van der Waals surface area (Å²) in [6.07, 6.45) is 3.09. The van der Waals surface area contributed by atoms with Crippen LogP contribution in [-0.4, -0.2) is 46.7 Å². The minimum absolute atomic E-state index is 0.142. The van der Waals surface area contributed by atoms with Gasteiger partial charge in [-0.05, 0) is 44.2 Å². The molecule has 1 aliphatic carbocycles. The summed E-state index contributed by atoms with van der Waals surface area (Å²) in [6, 6.07) is 5.72. The third-order valence-corrected chi connectivity index (χ3v) is 4.77. The molecule has 0 unspecified atom stereocenters. The average molecular weight is 342 g/mol. The molecular weight excluding hydrogens is 316 g/mol. The zero-order chi connectivity index (χ0) is 18.1. The van der Waals surface area contributed by atoms with E-state index in [0.29, 0.717) is 42.5 Å². The van der Waals surface area contributed by atoms with Crippen molar-refractivity contribution in [3.05, 3.63) is 34.9 Å². The molecule has 25 heavy (non-hydrogen) atoms. The number of rotatable bonds is 7. The van der Waals surface area contributed by atoms with Crippen LogP contribution in [-0.2, 0) is 4.79 Å². The van der Waals surface area contributed by atoms with E-state index in [2.05, 4.69) is 13.8 Å². The smallest absolute Gasteiger partial charge is 0.261 e. The summed E-state index contributed by atoms with van der Waals surface area (Å²) in [6.45, 7) is 7.22. The number of benzene rings is 1. The molecule has 1 fully saturated rings. The van der Waals surface area contributed by atoms with E-state index >= 15 is 0 Å². The van der Waals surface area contributed by atoms with Gasteiger partial charge >= 0.3 is 0 Å². The maximum absolute atomic E-state index is 12.5. The maximum Gasteiger partial charge on any atom is 0.261 e. The number of amides is 3. The summed E-state index contributed by atoms with van der Waals surface area (Å²) in [4.78, 5) is 40.6. The van der Waals surface area contributed by atoms with E-state index in [1.54, 1.807) is 12.1 Å². The Labute approximate surface area is 149 Å². The topological polar surface area (TPSA) is 57.7 Å². The number of carbonyl (C=O) groups is 3. The van der Waals surface area contributed by atoms with Gasteiger partial charge in [-0.3, -0.25) is 19.3 Å². The fraction of sp³-hybridized carbons (Fsp3) is 0.550. The highest BCUT2D eigenvalue weighted by atomic mass is 16.2. The zero-order valence-corrected chi connectivity index (χ0v) is 15.2. The molecule has 0 spiro atoms. The molecular formula is C20H26N2O3. The first-order chi connectivity index (χ1) is 11.9. The Morgan fingerprint density at radius 2 is 1.88 bits per heavy atom. The molecule has 1 heterocycles. The highest BCUT2D eigenvalue weighted by Crippen LogP contribution is 2.29. The van der Waals surface area contributed by atoms with Gasteiger partial charge in [-0.1, -0.05) is 25.5 Å². The lowest BCUT2D eigenvalue weighted by molar-refractivity contribution is -0.132. The van der Waals surface area contributed by atoms with E-state index in [-0.39, 0.29) is 17.7 Å². The Bertz CT molecular complexity index is 707. The van der Waals surface area contributed by atoms with Gasteiger partial charge in [0.1, 0.15) is 0 Å². The van der Waals surface area contributed by atoms with E-state index in [9.17, 15) is 14.4 Å². The minimum Gasteiger partial charge on any atom is -0.339 e. The van der Waals surface area contributed by atoms with Crippen LogP contribution in [0.3, 0.4) is 0 Å². The first kappa shape index (κ1) is 17.6. The Balaban J connectivity index is 1.56. The van der Waals surface area contributed by atoms with Gasteiger partial charge in [-0.15, -0.1) is 0 Å². The first-order valence-electron chi connectivity index (χ1n) is 9.14. The molecule has 5 nitrogen and oxygen atoms in total. The second-order valence-electron chi connectivity index (χ2n) is 7.59. The largest absolute Gasteiger partial charge is 0.339 e. The molecule has 1 aromatic carbocycles. The minimum atomic E-state index is -0.242. The highest BCUT2D eigenvalue weighted by Gasteiger charge is 2.36. The van der Waals surface area contributed by atoms with E-state index < -0.39 is 0 Å². The lowest BCUT2D eigenvalue weighted by Crippen LogP contribution is -2.37. The molecule has 3 rings (SSSR count). The summed E-state index contributed by atoms with van der Waals surface area (Å²) in [5.74, 6) is 0.110. The van der Waals surface area contributed by atoms with Crippen molar-refractivity contribution in [3.8, 4) is 0 Å². The third-order valence-electron chi connectivity index (χ3n) is 4.77. The predicted molar refractivity (Wildman–Crippen MR) is 95.4 cm³/mol. The van der Waals surface area contributed by atoms with Gasteiger partial charge in [-0.2, -0.15) is 0 Å². The summed E-state index contributed by atoms with van der Waals surface area (Å²) in [7, 11) is 0. The number of hydrogen-bond donors (Lipinski definition) is 0. The van der Waals surface area contributed by atoms with E-state index in [1.807, 2.05) is 17.9 Å². The van der Waals surface area contributed by atoms with Gasteiger partial charge in [0, 0.05) is 25.6 Å². The van der Waals surface area contributed by atoms with E-state index in [0.717, 1.165) is 24.9 Å². The van der Waals surface area contributed by atoms with Crippen molar-refractivity contribution in [2.75, 3.05) is 13.1 Å². The van der Waals surface area contributed by atoms with Crippen LogP contribution in [0.5, 0.6) is 0 Å². The second kappa shape index (κ2) is 6.98. The van der Waals surface area contributed by atoms with Crippen LogP contribution in [0.4, 0.5) is 0 Å². The van der Waals surface area contributed by atoms with Crippen molar-refractivity contribution in [3.63, 3.8) is 0 Å². The quantitative estimate of drug-likeness (QED) is 0.716. The van der Waals surface area contributed by atoms with Gasteiger partial charge in [0.05, 0.1) is 11.1 Å². The fourth-order valence-electron chi connectivity index (χ4n) is 3.37. The molecule has 1 aliphatic heterocycles. The standard InChI is InChI=1S/C20H26N2O3/c1-13(2)12-22(15-7-8-15)18(23)5-4-10-21-19(24)16-9-6-14(3)11-17(16)20(21)25/h6,9,11,13,15H,4-5,7-8,10,12H2,1-3H3. The van der Waals surface area contributed by atoms with Crippen LogP contribution in [0.1, 0.15) is 65.8 Å². The van der Waals surface area contributed by atoms with Crippen molar-refractivity contribution >= 4 is 17.7 Å². The zero-order valence-electron chi connectivity index (χ0n) is 15.2. The molecule has 2 aliphatic rings. The van der Waals surface area contributed by atoms with Gasteiger partial charge in [0.25, 0.3) is 11.8 Å². The van der Waals surface area contributed by atoms with Crippen LogP contribution < -0.4 is 0 Å². The molecule has 0 aromatic heterocycles. The predicted octanol–water partition coefficient (Wildman–Crippen LogP) is 3.02. The average Bonchev–Trinajstić information content (AvgIpc) is 3.36.